The molecule has 164 valence electrons. The fourth-order valence-electron chi connectivity index (χ4n) is 4.64. The van der Waals surface area contributed by atoms with Gasteiger partial charge in [-0.3, -0.25) is 9.59 Å². The summed E-state index contributed by atoms with van der Waals surface area (Å²) in [4.78, 5) is 38.3. The van der Waals surface area contributed by atoms with Crippen LogP contribution in [0.25, 0.3) is 0 Å². The fraction of sp³-hybridized carbons (Fsp3) is 0.500. The molecule has 0 aliphatic carbocycles. The van der Waals surface area contributed by atoms with Gasteiger partial charge in [-0.05, 0) is 37.7 Å². The number of nitrogens with one attached hydrogen (secondary N) is 1. The zero-order chi connectivity index (χ0) is 21.8. The average Bonchev–Trinajstić information content (AvgIpc) is 3.28. The zero-order valence-electron chi connectivity index (χ0n) is 18.4. The van der Waals surface area contributed by atoms with Gasteiger partial charge in [-0.15, -0.1) is 0 Å². The number of benzene rings is 1. The Labute approximate surface area is 183 Å². The van der Waals surface area contributed by atoms with E-state index in [2.05, 4.69) is 17.4 Å². The van der Waals surface area contributed by atoms with Crippen LogP contribution in [-0.2, 0) is 29.0 Å². The van der Waals surface area contributed by atoms with Gasteiger partial charge in [0.2, 0.25) is 11.8 Å². The standard InChI is InChI=1S/C24H31N5O2/c1-17(30)28-15-13-19-20(16-28)26-24(27-23(19)25-2)21-11-7-14-29(21)22(31)12-6-10-18-8-4-3-5-9-18/h3-5,8-9,21H,6-7,10-16H2,1-2H3,(H,25,26,27)/t21-/m1/s1. The van der Waals surface area contributed by atoms with Crippen molar-refractivity contribution in [3.05, 3.63) is 53.0 Å². The molecule has 1 atom stereocenters. The van der Waals surface area contributed by atoms with Gasteiger partial charge >= 0.3 is 0 Å². The Bertz CT molecular complexity index is 946. The Kier molecular flexibility index (Phi) is 6.49. The summed E-state index contributed by atoms with van der Waals surface area (Å²) in [5.41, 5.74) is 3.25. The largest absolute Gasteiger partial charge is 0.373 e. The molecule has 7 heteroatoms. The number of nitrogens with zero attached hydrogens (tertiary/aromatic N) is 4. The minimum absolute atomic E-state index is 0.0629. The summed E-state index contributed by atoms with van der Waals surface area (Å²) in [5, 5.41) is 3.20. The summed E-state index contributed by atoms with van der Waals surface area (Å²) in [6, 6.07) is 10.2. The SMILES string of the molecule is CNc1nc([C@H]2CCCN2C(=O)CCCc2ccccc2)nc2c1CCN(C(C)=O)C2. The van der Waals surface area contributed by atoms with E-state index in [1.54, 1.807) is 6.92 Å². The predicted molar refractivity (Wildman–Crippen MR) is 119 cm³/mol. The Morgan fingerprint density at radius 3 is 2.71 bits per heavy atom. The molecule has 0 radical (unpaired) electrons. The second-order valence-electron chi connectivity index (χ2n) is 8.38. The molecule has 1 fully saturated rings. The Balaban J connectivity index is 1.48. The first kappa shape index (κ1) is 21.3. The summed E-state index contributed by atoms with van der Waals surface area (Å²) in [7, 11) is 1.87. The maximum absolute atomic E-state index is 13.0. The van der Waals surface area contributed by atoms with Gasteiger partial charge in [0.25, 0.3) is 0 Å². The molecule has 2 amide bonds. The third-order valence-electron chi connectivity index (χ3n) is 6.33. The molecule has 7 nitrogen and oxygen atoms in total. The Morgan fingerprint density at radius 2 is 1.97 bits per heavy atom. The molecular weight excluding hydrogens is 390 g/mol. The van der Waals surface area contributed by atoms with Gasteiger partial charge in [-0.1, -0.05) is 30.3 Å². The van der Waals surface area contributed by atoms with Crippen molar-refractivity contribution in [2.45, 2.75) is 58.0 Å². The van der Waals surface area contributed by atoms with Crippen LogP contribution >= 0.6 is 0 Å². The Hall–Kier alpha value is -2.96. The summed E-state index contributed by atoms with van der Waals surface area (Å²) in [5.74, 6) is 1.76. The lowest BCUT2D eigenvalue weighted by Gasteiger charge is -2.30. The molecule has 3 heterocycles. The fourth-order valence-corrected chi connectivity index (χ4v) is 4.64. The lowest BCUT2D eigenvalue weighted by atomic mass is 10.0. The lowest BCUT2D eigenvalue weighted by molar-refractivity contribution is -0.132. The number of amides is 2. The monoisotopic (exact) mass is 421 g/mol. The van der Waals surface area contributed by atoms with Crippen molar-refractivity contribution in [3.63, 3.8) is 0 Å². The number of likely N-dealkylation sites (tertiary alicyclic amines) is 1. The quantitative estimate of drug-likeness (QED) is 0.775. The van der Waals surface area contributed by atoms with Crippen LogP contribution in [0.15, 0.2) is 30.3 Å². The molecule has 1 aromatic carbocycles. The minimum Gasteiger partial charge on any atom is -0.373 e. The van der Waals surface area contributed by atoms with Crippen LogP contribution in [-0.4, -0.2) is 51.7 Å². The zero-order valence-corrected chi connectivity index (χ0v) is 18.4. The van der Waals surface area contributed by atoms with Crippen LogP contribution in [0.3, 0.4) is 0 Å². The van der Waals surface area contributed by atoms with Gasteiger partial charge in [0.05, 0.1) is 18.3 Å². The third kappa shape index (κ3) is 4.70. The van der Waals surface area contributed by atoms with E-state index in [1.807, 2.05) is 35.0 Å². The van der Waals surface area contributed by atoms with E-state index in [4.69, 9.17) is 9.97 Å². The number of aromatic nitrogens is 2. The number of hydrogen-bond acceptors (Lipinski definition) is 5. The smallest absolute Gasteiger partial charge is 0.223 e. The van der Waals surface area contributed by atoms with Gasteiger partial charge in [0.15, 0.2) is 5.82 Å². The molecule has 0 spiro atoms. The molecule has 1 N–H and O–H groups in total. The molecule has 31 heavy (non-hydrogen) atoms. The predicted octanol–water partition coefficient (Wildman–Crippen LogP) is 3.11. The van der Waals surface area contributed by atoms with Crippen LogP contribution < -0.4 is 5.32 Å². The summed E-state index contributed by atoms with van der Waals surface area (Å²) < 4.78 is 0. The number of fused-ring (bicyclic) bond motifs is 1. The number of carbonyl (C=O) groups excluding carboxylic acids is 2. The normalized spacial score (nSPS) is 18.1. The van der Waals surface area contributed by atoms with Crippen molar-refractivity contribution in [1.29, 1.82) is 0 Å². The molecule has 2 aliphatic rings. The molecule has 1 aromatic heterocycles. The molecular formula is C24H31N5O2. The highest BCUT2D eigenvalue weighted by Gasteiger charge is 2.33. The third-order valence-corrected chi connectivity index (χ3v) is 6.33. The maximum atomic E-state index is 13.0. The topological polar surface area (TPSA) is 78.4 Å². The molecule has 4 rings (SSSR count). The van der Waals surface area contributed by atoms with Crippen molar-refractivity contribution in [1.82, 2.24) is 19.8 Å². The molecule has 2 aliphatic heterocycles. The van der Waals surface area contributed by atoms with Crippen molar-refractivity contribution < 1.29 is 9.59 Å². The van der Waals surface area contributed by atoms with Crippen LogP contribution in [0.1, 0.15) is 61.3 Å². The molecule has 0 bridgehead atoms. The average molecular weight is 422 g/mol. The van der Waals surface area contributed by atoms with Crippen molar-refractivity contribution in [2.75, 3.05) is 25.5 Å². The van der Waals surface area contributed by atoms with Gasteiger partial charge in [0.1, 0.15) is 5.82 Å². The minimum atomic E-state index is -0.0886. The Morgan fingerprint density at radius 1 is 1.16 bits per heavy atom. The van der Waals surface area contributed by atoms with Crippen molar-refractivity contribution in [2.24, 2.45) is 0 Å². The second kappa shape index (κ2) is 9.45. The van der Waals surface area contributed by atoms with Crippen LogP contribution in [0, 0.1) is 0 Å². The highest BCUT2D eigenvalue weighted by molar-refractivity contribution is 5.77. The van der Waals surface area contributed by atoms with E-state index >= 15 is 0 Å². The summed E-state index contributed by atoms with van der Waals surface area (Å²) >= 11 is 0. The number of aryl methyl sites for hydroxylation is 1. The van der Waals surface area contributed by atoms with E-state index in [-0.39, 0.29) is 17.9 Å². The van der Waals surface area contributed by atoms with E-state index in [1.165, 1.54) is 5.56 Å². The first-order valence-corrected chi connectivity index (χ1v) is 11.2. The molecule has 1 saturated heterocycles. The first-order chi connectivity index (χ1) is 15.1. The van der Waals surface area contributed by atoms with Gasteiger partial charge in [0, 0.05) is 39.0 Å². The van der Waals surface area contributed by atoms with Crippen molar-refractivity contribution in [3.8, 4) is 0 Å². The van der Waals surface area contributed by atoms with Crippen LogP contribution in [0.2, 0.25) is 0 Å². The second-order valence-corrected chi connectivity index (χ2v) is 8.38. The molecule has 2 aromatic rings. The number of hydrogen-bond donors (Lipinski definition) is 1. The molecule has 0 unspecified atom stereocenters. The number of rotatable bonds is 6. The molecule has 0 saturated carbocycles. The highest BCUT2D eigenvalue weighted by Crippen LogP contribution is 2.33. The van der Waals surface area contributed by atoms with Gasteiger partial charge in [-0.2, -0.15) is 0 Å². The maximum Gasteiger partial charge on any atom is 0.223 e. The van der Waals surface area contributed by atoms with E-state index in [0.29, 0.717) is 25.3 Å². The van der Waals surface area contributed by atoms with E-state index < -0.39 is 0 Å². The van der Waals surface area contributed by atoms with Crippen molar-refractivity contribution >= 4 is 17.6 Å². The van der Waals surface area contributed by atoms with Gasteiger partial charge < -0.3 is 15.1 Å². The lowest BCUT2D eigenvalue weighted by Crippen LogP contribution is -2.36. The summed E-state index contributed by atoms with van der Waals surface area (Å²) in [6.07, 6.45) is 4.87. The van der Waals surface area contributed by atoms with Crippen LogP contribution in [0.4, 0.5) is 5.82 Å². The van der Waals surface area contributed by atoms with E-state index in [9.17, 15) is 9.59 Å². The van der Waals surface area contributed by atoms with Gasteiger partial charge in [-0.25, -0.2) is 9.97 Å². The first-order valence-electron chi connectivity index (χ1n) is 11.2. The van der Waals surface area contributed by atoms with E-state index in [0.717, 1.165) is 55.7 Å². The highest BCUT2D eigenvalue weighted by atomic mass is 16.2. The number of anilines is 1. The number of carbonyl (C=O) groups is 2. The summed E-state index contributed by atoms with van der Waals surface area (Å²) in [6.45, 7) is 3.55. The van der Waals surface area contributed by atoms with Crippen LogP contribution in [0.5, 0.6) is 0 Å².